The molecule has 3 aliphatic carbocycles. The zero-order chi connectivity index (χ0) is 67.7. The van der Waals surface area contributed by atoms with Crippen molar-refractivity contribution in [3.05, 3.63) is 127 Å². The van der Waals surface area contributed by atoms with Crippen LogP contribution in [0.2, 0.25) is 0 Å². The molecule has 0 unspecified atom stereocenters. The molecule has 9 aliphatic rings. The summed E-state index contributed by atoms with van der Waals surface area (Å²) in [7, 11) is 0. The van der Waals surface area contributed by atoms with Gasteiger partial charge >= 0.3 is 41.7 Å². The van der Waals surface area contributed by atoms with Crippen molar-refractivity contribution in [2.75, 3.05) is 70.8 Å². The fourth-order valence-electron chi connectivity index (χ4n) is 12.8. The Labute approximate surface area is 614 Å². The zero-order valence-corrected chi connectivity index (χ0v) is 62.7. The van der Waals surface area contributed by atoms with Gasteiger partial charge in [-0.15, -0.1) is 23.5 Å². The van der Waals surface area contributed by atoms with Crippen molar-refractivity contribution in [3.63, 3.8) is 0 Å². The number of hydrogen-bond acceptors (Lipinski definition) is 21. The topological polar surface area (TPSA) is 255 Å². The monoisotopic (exact) mass is 1450 g/mol. The summed E-state index contributed by atoms with van der Waals surface area (Å²) < 4.78 is 30.3. The average Bonchev–Trinajstić information content (AvgIpc) is 1.62. The van der Waals surface area contributed by atoms with E-state index in [0.29, 0.717) is 5.03 Å². The van der Waals surface area contributed by atoms with Crippen LogP contribution in [0.15, 0.2) is 125 Å². The van der Waals surface area contributed by atoms with Gasteiger partial charge in [0, 0.05) is 118 Å². The van der Waals surface area contributed by atoms with Gasteiger partial charge in [-0.05, 0) is 116 Å². The summed E-state index contributed by atoms with van der Waals surface area (Å²) in [4.78, 5) is 67.4. The molecule has 2 amide bonds. The number of alkyl halides is 1. The molecule has 3 spiro atoms. The van der Waals surface area contributed by atoms with E-state index in [2.05, 4.69) is 77.2 Å². The molecule has 3 saturated carbocycles. The largest absolute Gasteiger partial charge is 1.00 e. The summed E-state index contributed by atoms with van der Waals surface area (Å²) in [5.41, 5.74) is 7.29. The van der Waals surface area contributed by atoms with Crippen molar-refractivity contribution >= 4 is 88.2 Å². The maximum absolute atomic E-state index is 12.6. The molecular formula is C71H90BrN12NaO9S3. The predicted octanol–water partition coefficient (Wildman–Crippen LogP) is 10.3. The van der Waals surface area contributed by atoms with Gasteiger partial charge in [0.05, 0.1) is 37.0 Å². The minimum absolute atomic E-state index is 0. The van der Waals surface area contributed by atoms with E-state index >= 15 is 0 Å². The second-order valence-corrected chi connectivity index (χ2v) is 31.2. The number of aromatic nitrogens is 6. The minimum Gasteiger partial charge on any atom is -0.759 e. The summed E-state index contributed by atoms with van der Waals surface area (Å²) in [5, 5.41) is 16.8. The summed E-state index contributed by atoms with van der Waals surface area (Å²) in [5.74, 6) is 10.4. The molecule has 26 heteroatoms. The van der Waals surface area contributed by atoms with Gasteiger partial charge in [-0.1, -0.05) is 75.6 Å². The summed E-state index contributed by atoms with van der Waals surface area (Å²) in [6.07, 6.45) is 23.3. The molecule has 97 heavy (non-hydrogen) atoms. The molecule has 514 valence electrons. The zero-order valence-electron chi connectivity index (χ0n) is 56.7. The number of benzene rings is 3. The molecule has 3 aromatic carbocycles. The van der Waals surface area contributed by atoms with Crippen molar-refractivity contribution in [2.24, 2.45) is 23.5 Å². The number of nitrogens with two attached hydrogens (primary N) is 1. The standard InChI is InChI=1S/C25H32N4O3S.C21H26N4O3S.C20H24N4OS.C4H7Br.CH2O2.Na/c1-24(2,3)32-23(30)28-22-18-6-4-5-7-19(18)31-25(22)10-12-29(13-11-25)20-14-27-21(15-26-20)33-16-17-8-9-17;1-20(2,3)28-19(26)24-18-14-6-4-5-7-15(14)27-21(18)8-10-25(11-9-21)16-12-23-17(29)13-22-16;21-19-15-3-1-2-4-16(15)25-20(19)7-9-24(10-8-20)17-11-23-18(12-22-17)26-13-14-5-6-14;5-3-4-1-2-4;2-1-3;/h4-7,14-15,17,22H,8-13,16H2,1-3H3,(H,28,30);4-7,12-13,18H,8-11H2,1-3H3,(H,23,29)(H,24,26);1-4,11-12,14,19H,5-10,13,21H2;4H,1-3H2;1H,(H,2,3);/q;;;;;+1/p-1/t22-;18-;19-;;;/m111.../s1. The molecule has 6 fully saturated rings. The van der Waals surface area contributed by atoms with E-state index in [1.54, 1.807) is 24.2 Å². The van der Waals surface area contributed by atoms with Gasteiger partial charge in [0.2, 0.25) is 0 Å². The number of piperidine rings is 3. The molecule has 0 bridgehead atoms. The van der Waals surface area contributed by atoms with Gasteiger partial charge in [-0.25, -0.2) is 34.5 Å². The first-order valence-corrected chi connectivity index (χ1v) is 37.0. The fraction of sp³-hybridized carbons (Fsp3) is 0.535. The second kappa shape index (κ2) is 32.6. The van der Waals surface area contributed by atoms with Crippen LogP contribution >= 0.6 is 39.5 Å². The van der Waals surface area contributed by atoms with Crippen LogP contribution in [0, 0.1) is 17.8 Å². The number of carbonyl (C=O) groups excluding carboxylic acids is 2. The molecular weight excluding hydrogens is 1360 g/mol. The van der Waals surface area contributed by atoms with Crippen molar-refractivity contribution in [3.8, 4) is 17.2 Å². The number of nitrogens with zero attached hydrogens (tertiary/aromatic N) is 9. The van der Waals surface area contributed by atoms with E-state index in [1.807, 2.05) is 145 Å². The maximum atomic E-state index is 12.6. The number of alkyl carbamates (subject to hydrolysis) is 2. The Morgan fingerprint density at radius 3 is 1.23 bits per heavy atom. The third kappa shape index (κ3) is 19.5. The Balaban J connectivity index is 0.000000149. The second-order valence-electron chi connectivity index (χ2n) is 28.1. The Morgan fingerprint density at radius 2 is 0.907 bits per heavy atom. The Morgan fingerprint density at radius 1 is 0.567 bits per heavy atom. The molecule has 15 rings (SSSR count). The summed E-state index contributed by atoms with van der Waals surface area (Å²) in [6, 6.07) is 23.4. The molecule has 6 aliphatic heterocycles. The van der Waals surface area contributed by atoms with Crippen LogP contribution in [0.1, 0.15) is 153 Å². The normalized spacial score (nSPS) is 21.0. The molecule has 21 nitrogen and oxygen atoms in total. The molecule has 3 saturated heterocycles. The van der Waals surface area contributed by atoms with E-state index < -0.39 is 34.6 Å². The van der Waals surface area contributed by atoms with Crippen LogP contribution in [0.4, 0.5) is 27.0 Å². The first-order chi connectivity index (χ1) is 46.1. The number of hydrogen-bond donors (Lipinski definition) is 4. The molecule has 5 N–H and O–H groups in total. The van der Waals surface area contributed by atoms with Crippen LogP contribution in [0.25, 0.3) is 0 Å². The maximum Gasteiger partial charge on any atom is 1.00 e. The van der Waals surface area contributed by atoms with Gasteiger partial charge in [0.1, 0.15) is 84.8 Å². The van der Waals surface area contributed by atoms with E-state index in [0.717, 1.165) is 163 Å². The summed E-state index contributed by atoms with van der Waals surface area (Å²) in [6.45, 7) is 15.8. The van der Waals surface area contributed by atoms with E-state index in [-0.39, 0.29) is 59.8 Å². The Hall–Kier alpha value is -5.93. The first kappa shape index (κ1) is 73.8. The number of nitrogens with one attached hydrogen (secondary N) is 2. The van der Waals surface area contributed by atoms with Crippen LogP contribution in [0.3, 0.4) is 0 Å². The van der Waals surface area contributed by atoms with Gasteiger partial charge in [0.25, 0.3) is 6.47 Å². The van der Waals surface area contributed by atoms with Crippen LogP contribution in [0.5, 0.6) is 17.2 Å². The van der Waals surface area contributed by atoms with Gasteiger partial charge in [-0.3, -0.25) is 9.78 Å². The van der Waals surface area contributed by atoms with Gasteiger partial charge in [-0.2, -0.15) is 0 Å². The number of ether oxygens (including phenoxy) is 5. The molecule has 3 atom stereocenters. The van der Waals surface area contributed by atoms with Crippen LogP contribution < -0.4 is 74.8 Å². The molecule has 6 aromatic rings. The predicted molar refractivity (Wildman–Crippen MR) is 379 cm³/mol. The molecule has 3 aromatic heterocycles. The quantitative estimate of drug-likeness (QED) is 0.0292. The summed E-state index contributed by atoms with van der Waals surface area (Å²) >= 11 is 12.0. The Kier molecular flexibility index (Phi) is 24.8. The number of halogens is 1. The average molecular weight is 1450 g/mol. The number of fused-ring (bicyclic) bond motifs is 3. The third-order valence-corrected chi connectivity index (χ3v) is 21.9. The van der Waals surface area contributed by atoms with Gasteiger partial charge < -0.3 is 72.5 Å². The van der Waals surface area contributed by atoms with Crippen molar-refractivity contribution < 1.29 is 72.7 Å². The number of carbonyl (C=O) groups is 3. The van der Waals surface area contributed by atoms with E-state index in [4.69, 9.17) is 51.9 Å². The number of thioether (sulfide) groups is 2. The minimum atomic E-state index is -0.560. The van der Waals surface area contributed by atoms with E-state index in [1.165, 1.54) is 49.6 Å². The van der Waals surface area contributed by atoms with Crippen molar-refractivity contribution in [2.45, 2.75) is 180 Å². The van der Waals surface area contributed by atoms with E-state index in [9.17, 15) is 9.59 Å². The van der Waals surface area contributed by atoms with Crippen LogP contribution in [-0.4, -0.2) is 138 Å². The van der Waals surface area contributed by atoms with Gasteiger partial charge in [0.15, 0.2) is 0 Å². The Bertz CT molecular complexity index is 3560. The third-order valence-electron chi connectivity index (χ3n) is 18.5. The number of amides is 2. The number of para-hydroxylation sites is 3. The first-order valence-electron chi connectivity index (χ1n) is 33.5. The van der Waals surface area contributed by atoms with Crippen molar-refractivity contribution in [1.29, 1.82) is 0 Å². The SMILES string of the molecule is BrCC1CC1.CC(C)(C)OC(=O)N[C@@H]1c2ccccc2OC12CCN(c1cnc(SCC3CC3)cn1)CC2.CC(C)(C)OC(=O)N[C@@H]1c2ccccc2OC12CCN(c1cnc([S-])cn1)CC2.N[C@@H]1c2ccccc2OC12CCN(c1cnc(SCC3CC3)cn1)CC2.O=CO.[Na+]. The smallest absolute Gasteiger partial charge is 0.759 e. The molecule has 0 radical (unpaired) electrons. The number of rotatable bonds is 12. The number of carboxylic acid groups (broad SMARTS) is 1. The fourth-order valence-corrected chi connectivity index (χ4v) is 15.5. The van der Waals surface area contributed by atoms with Crippen LogP contribution in [-0.2, 0) is 26.9 Å². The number of anilines is 3. The molecule has 9 heterocycles. The van der Waals surface area contributed by atoms with Crippen molar-refractivity contribution in [1.82, 2.24) is 40.5 Å².